The van der Waals surface area contributed by atoms with E-state index in [4.69, 9.17) is 0 Å². The van der Waals surface area contributed by atoms with Crippen molar-refractivity contribution in [1.29, 1.82) is 0 Å². The quantitative estimate of drug-likeness (QED) is 0.814. The number of nitrogens with zero attached hydrogens (tertiary/aromatic N) is 3. The molecule has 2 fully saturated rings. The van der Waals surface area contributed by atoms with E-state index in [1.165, 1.54) is 18.4 Å². The first kappa shape index (κ1) is 15.4. The number of rotatable bonds is 6. The molecule has 1 aromatic heterocycles. The average Bonchev–Trinajstić information content (AvgIpc) is 3.12. The molecule has 2 aromatic rings. The van der Waals surface area contributed by atoms with Crippen molar-refractivity contribution in [3.8, 4) is 0 Å². The van der Waals surface area contributed by atoms with E-state index in [-0.39, 0.29) is 5.92 Å². The van der Waals surface area contributed by atoms with Gasteiger partial charge in [-0.25, -0.2) is 4.98 Å². The molecule has 0 saturated heterocycles. The highest BCUT2D eigenvalue weighted by Gasteiger charge is 2.37. The molecule has 4 rings (SSSR count). The second-order valence-electron chi connectivity index (χ2n) is 7.14. The van der Waals surface area contributed by atoms with Gasteiger partial charge < -0.3 is 9.47 Å². The molecule has 0 bridgehead atoms. The lowest BCUT2D eigenvalue weighted by Crippen LogP contribution is -2.37. The normalized spacial score (nSPS) is 18.0. The third-order valence-corrected chi connectivity index (χ3v) is 5.28. The Balaban J connectivity index is 1.49. The van der Waals surface area contributed by atoms with Crippen molar-refractivity contribution in [3.63, 3.8) is 0 Å². The maximum atomic E-state index is 12.9. The standard InChI is InChI=1S/C20H25N3O/c24-20(17-8-4-5-9-17)23(18-10-11-18)15-19-21-12-13-22(19)14-16-6-2-1-3-7-16/h1-3,6-7,12-13,17-18H,4-5,8-11,14-15H2. The van der Waals surface area contributed by atoms with Crippen LogP contribution in [0.3, 0.4) is 0 Å². The zero-order valence-electron chi connectivity index (χ0n) is 14.1. The van der Waals surface area contributed by atoms with Crippen LogP contribution in [0.2, 0.25) is 0 Å². The Hall–Kier alpha value is -2.10. The summed E-state index contributed by atoms with van der Waals surface area (Å²) < 4.78 is 2.17. The first-order chi connectivity index (χ1) is 11.8. The highest BCUT2D eigenvalue weighted by Crippen LogP contribution is 2.33. The molecule has 1 heterocycles. The summed E-state index contributed by atoms with van der Waals surface area (Å²) in [6, 6.07) is 10.9. The van der Waals surface area contributed by atoms with Crippen LogP contribution in [-0.2, 0) is 17.9 Å². The molecular weight excluding hydrogens is 298 g/mol. The molecule has 1 amide bonds. The number of hydrogen-bond donors (Lipinski definition) is 0. The van der Waals surface area contributed by atoms with Crippen molar-refractivity contribution in [3.05, 3.63) is 54.1 Å². The zero-order valence-corrected chi connectivity index (χ0v) is 14.1. The van der Waals surface area contributed by atoms with E-state index in [0.29, 0.717) is 18.5 Å². The predicted molar refractivity (Wildman–Crippen MR) is 93.3 cm³/mol. The SMILES string of the molecule is O=C(C1CCCC1)N(Cc1nccn1Cc1ccccc1)C1CC1. The minimum atomic E-state index is 0.253. The van der Waals surface area contributed by atoms with Gasteiger partial charge in [0.25, 0.3) is 0 Å². The smallest absolute Gasteiger partial charge is 0.226 e. The third kappa shape index (κ3) is 3.37. The van der Waals surface area contributed by atoms with Crippen LogP contribution in [0.1, 0.15) is 49.9 Å². The summed E-state index contributed by atoms with van der Waals surface area (Å²) >= 11 is 0. The summed E-state index contributed by atoms with van der Waals surface area (Å²) in [5.41, 5.74) is 1.26. The minimum Gasteiger partial charge on any atom is -0.332 e. The van der Waals surface area contributed by atoms with Gasteiger partial charge in [0.2, 0.25) is 5.91 Å². The van der Waals surface area contributed by atoms with Gasteiger partial charge in [0.1, 0.15) is 5.82 Å². The van der Waals surface area contributed by atoms with Gasteiger partial charge in [0.15, 0.2) is 0 Å². The van der Waals surface area contributed by atoms with Gasteiger partial charge in [-0.2, -0.15) is 0 Å². The number of aromatic nitrogens is 2. The van der Waals surface area contributed by atoms with Crippen molar-refractivity contribution in [1.82, 2.24) is 14.5 Å². The van der Waals surface area contributed by atoms with Crippen LogP contribution in [0.15, 0.2) is 42.7 Å². The second kappa shape index (κ2) is 6.80. The molecule has 2 aliphatic rings. The van der Waals surface area contributed by atoms with Gasteiger partial charge in [-0.3, -0.25) is 4.79 Å². The van der Waals surface area contributed by atoms with Crippen molar-refractivity contribution < 1.29 is 4.79 Å². The summed E-state index contributed by atoms with van der Waals surface area (Å²) in [5, 5.41) is 0. The van der Waals surface area contributed by atoms with Crippen molar-refractivity contribution in [2.45, 2.75) is 57.7 Å². The average molecular weight is 323 g/mol. The van der Waals surface area contributed by atoms with E-state index in [0.717, 1.165) is 38.1 Å². The van der Waals surface area contributed by atoms with E-state index in [9.17, 15) is 4.79 Å². The maximum absolute atomic E-state index is 12.9. The number of carbonyl (C=O) groups excluding carboxylic acids is 1. The van der Waals surface area contributed by atoms with Crippen LogP contribution < -0.4 is 0 Å². The Kier molecular flexibility index (Phi) is 4.37. The summed E-state index contributed by atoms with van der Waals surface area (Å²) in [4.78, 5) is 19.6. The largest absolute Gasteiger partial charge is 0.332 e. The number of carbonyl (C=O) groups is 1. The Morgan fingerprint density at radius 1 is 1.12 bits per heavy atom. The van der Waals surface area contributed by atoms with Gasteiger partial charge in [0.05, 0.1) is 6.54 Å². The molecule has 0 spiro atoms. The van der Waals surface area contributed by atoms with E-state index in [1.54, 1.807) is 0 Å². The minimum absolute atomic E-state index is 0.253. The molecule has 0 aliphatic heterocycles. The first-order valence-electron chi connectivity index (χ1n) is 9.15. The van der Waals surface area contributed by atoms with Crippen LogP contribution in [0.5, 0.6) is 0 Å². The highest BCUT2D eigenvalue weighted by molar-refractivity contribution is 5.79. The summed E-state index contributed by atoms with van der Waals surface area (Å²) in [7, 11) is 0. The molecule has 2 saturated carbocycles. The summed E-state index contributed by atoms with van der Waals surface area (Å²) in [6.07, 6.45) is 10.7. The Labute approximate surface area is 143 Å². The van der Waals surface area contributed by atoms with Crippen LogP contribution in [0, 0.1) is 5.92 Å². The molecule has 24 heavy (non-hydrogen) atoms. The van der Waals surface area contributed by atoms with Crippen LogP contribution in [0.25, 0.3) is 0 Å². The fourth-order valence-electron chi connectivity index (χ4n) is 3.75. The first-order valence-corrected chi connectivity index (χ1v) is 9.15. The topological polar surface area (TPSA) is 38.1 Å². The van der Waals surface area contributed by atoms with Gasteiger partial charge >= 0.3 is 0 Å². The summed E-state index contributed by atoms with van der Waals surface area (Å²) in [6.45, 7) is 1.46. The monoisotopic (exact) mass is 323 g/mol. The highest BCUT2D eigenvalue weighted by atomic mass is 16.2. The van der Waals surface area contributed by atoms with Crippen molar-refractivity contribution in [2.75, 3.05) is 0 Å². The number of imidazole rings is 1. The third-order valence-electron chi connectivity index (χ3n) is 5.28. The van der Waals surface area contributed by atoms with E-state index < -0.39 is 0 Å². The van der Waals surface area contributed by atoms with Crippen LogP contribution in [0.4, 0.5) is 0 Å². The number of benzene rings is 1. The summed E-state index contributed by atoms with van der Waals surface area (Å²) in [5.74, 6) is 1.62. The fourth-order valence-corrected chi connectivity index (χ4v) is 3.75. The Bertz CT molecular complexity index is 684. The van der Waals surface area contributed by atoms with Gasteiger partial charge in [-0.15, -0.1) is 0 Å². The van der Waals surface area contributed by atoms with Gasteiger partial charge in [-0.1, -0.05) is 43.2 Å². The lowest BCUT2D eigenvalue weighted by atomic mass is 10.1. The number of amides is 1. The van der Waals surface area contributed by atoms with Gasteiger partial charge in [0, 0.05) is 30.9 Å². The molecule has 4 nitrogen and oxygen atoms in total. The fraction of sp³-hybridized carbons (Fsp3) is 0.500. The molecule has 0 unspecified atom stereocenters. The molecule has 126 valence electrons. The van der Waals surface area contributed by atoms with E-state index >= 15 is 0 Å². The molecular formula is C20H25N3O. The zero-order chi connectivity index (χ0) is 16.4. The molecule has 0 atom stereocenters. The predicted octanol–water partition coefficient (Wildman–Crippen LogP) is 3.61. The molecule has 1 aromatic carbocycles. The van der Waals surface area contributed by atoms with Gasteiger partial charge in [-0.05, 0) is 31.2 Å². The second-order valence-corrected chi connectivity index (χ2v) is 7.14. The van der Waals surface area contributed by atoms with Crippen molar-refractivity contribution >= 4 is 5.91 Å². The van der Waals surface area contributed by atoms with Crippen LogP contribution in [-0.4, -0.2) is 26.4 Å². The number of hydrogen-bond acceptors (Lipinski definition) is 2. The molecule has 2 aliphatic carbocycles. The Morgan fingerprint density at radius 3 is 2.58 bits per heavy atom. The Morgan fingerprint density at radius 2 is 1.88 bits per heavy atom. The molecule has 4 heteroatoms. The molecule has 0 radical (unpaired) electrons. The lowest BCUT2D eigenvalue weighted by molar-refractivity contribution is -0.136. The molecule has 0 N–H and O–H groups in total. The lowest BCUT2D eigenvalue weighted by Gasteiger charge is -2.25. The van der Waals surface area contributed by atoms with Crippen LogP contribution >= 0.6 is 0 Å². The van der Waals surface area contributed by atoms with Crippen molar-refractivity contribution in [2.24, 2.45) is 5.92 Å². The van der Waals surface area contributed by atoms with E-state index in [1.807, 2.05) is 18.5 Å². The maximum Gasteiger partial charge on any atom is 0.226 e. The van der Waals surface area contributed by atoms with E-state index in [2.05, 4.69) is 38.7 Å².